The fourth-order valence-corrected chi connectivity index (χ4v) is 3.65. The van der Waals surface area contributed by atoms with E-state index in [1.165, 1.54) is 30.4 Å². The van der Waals surface area contributed by atoms with Gasteiger partial charge in [-0.2, -0.15) is 0 Å². The Morgan fingerprint density at radius 3 is 3.00 bits per heavy atom. The summed E-state index contributed by atoms with van der Waals surface area (Å²) in [5.74, 6) is 0. The van der Waals surface area contributed by atoms with Crippen molar-refractivity contribution in [3.05, 3.63) is 22.7 Å². The van der Waals surface area contributed by atoms with Gasteiger partial charge in [0.05, 0.1) is 10.2 Å². The lowest BCUT2D eigenvalue weighted by atomic mass is 10.0. The smallest absolute Gasteiger partial charge is 0.183 e. The highest BCUT2D eigenvalue weighted by molar-refractivity contribution is 9.10. The molecule has 1 fully saturated rings. The Hall–Kier alpha value is -0.610. The van der Waals surface area contributed by atoms with Crippen LogP contribution in [0.25, 0.3) is 10.2 Å². The normalized spacial score (nSPS) is 17.0. The number of anilines is 1. The molecule has 0 bridgehead atoms. The second-order valence-corrected chi connectivity index (χ2v) is 7.18. The van der Waals surface area contributed by atoms with Gasteiger partial charge in [-0.1, -0.05) is 40.6 Å². The molecule has 1 saturated carbocycles. The van der Waals surface area contributed by atoms with E-state index in [0.717, 1.165) is 21.7 Å². The van der Waals surface area contributed by atoms with Crippen molar-refractivity contribution in [2.75, 3.05) is 11.9 Å². The molecule has 2 aromatic rings. The predicted molar refractivity (Wildman–Crippen MR) is 82.4 cm³/mol. The summed E-state index contributed by atoms with van der Waals surface area (Å²) in [5, 5.41) is 4.59. The van der Waals surface area contributed by atoms with Crippen LogP contribution in [0.15, 0.2) is 22.7 Å². The van der Waals surface area contributed by atoms with E-state index in [0.29, 0.717) is 5.41 Å². The van der Waals surface area contributed by atoms with E-state index in [2.05, 4.69) is 51.4 Å². The zero-order valence-corrected chi connectivity index (χ0v) is 12.9. The van der Waals surface area contributed by atoms with E-state index in [1.807, 2.05) is 0 Å². The number of aromatic nitrogens is 1. The van der Waals surface area contributed by atoms with E-state index >= 15 is 0 Å². The molecular weight excluding hydrogens is 308 g/mol. The Morgan fingerprint density at radius 2 is 2.28 bits per heavy atom. The Kier molecular flexibility index (Phi) is 3.32. The molecule has 0 unspecified atom stereocenters. The van der Waals surface area contributed by atoms with E-state index < -0.39 is 0 Å². The molecule has 1 aromatic carbocycles. The second kappa shape index (κ2) is 4.82. The molecule has 0 radical (unpaired) electrons. The van der Waals surface area contributed by atoms with E-state index in [1.54, 1.807) is 11.3 Å². The van der Waals surface area contributed by atoms with Crippen molar-refractivity contribution in [2.24, 2.45) is 5.41 Å². The monoisotopic (exact) mass is 324 g/mol. The van der Waals surface area contributed by atoms with Crippen LogP contribution in [0, 0.1) is 5.41 Å². The maximum atomic E-state index is 4.64. The third-order valence-corrected chi connectivity index (χ3v) is 5.19. The van der Waals surface area contributed by atoms with Gasteiger partial charge in [0.15, 0.2) is 5.13 Å². The number of hydrogen-bond donors (Lipinski definition) is 1. The lowest BCUT2D eigenvalue weighted by Gasteiger charge is -2.13. The summed E-state index contributed by atoms with van der Waals surface area (Å²) < 4.78 is 2.34. The van der Waals surface area contributed by atoms with Gasteiger partial charge >= 0.3 is 0 Å². The maximum absolute atomic E-state index is 4.64. The standard InChI is InChI=1S/C14H17BrN2S/c1-2-5-14(6-7-14)9-16-13-17-11-8-10(15)3-4-12(11)18-13/h3-4,8H,2,5-7,9H2,1H3,(H,16,17). The van der Waals surface area contributed by atoms with Gasteiger partial charge in [0.1, 0.15) is 0 Å². The van der Waals surface area contributed by atoms with Gasteiger partial charge in [-0.15, -0.1) is 0 Å². The second-order valence-electron chi connectivity index (χ2n) is 5.23. The fraction of sp³-hybridized carbons (Fsp3) is 0.500. The quantitative estimate of drug-likeness (QED) is 0.832. The zero-order valence-electron chi connectivity index (χ0n) is 10.5. The van der Waals surface area contributed by atoms with Crippen LogP contribution in [-0.2, 0) is 0 Å². The highest BCUT2D eigenvalue weighted by atomic mass is 79.9. The number of rotatable bonds is 5. The molecule has 2 nitrogen and oxygen atoms in total. The molecule has 1 aliphatic rings. The van der Waals surface area contributed by atoms with Crippen LogP contribution in [-0.4, -0.2) is 11.5 Å². The first-order chi connectivity index (χ1) is 8.71. The molecular formula is C14H17BrN2S. The SMILES string of the molecule is CCCC1(CNc2nc3cc(Br)ccc3s2)CC1. The lowest BCUT2D eigenvalue weighted by Crippen LogP contribution is -2.14. The highest BCUT2D eigenvalue weighted by Crippen LogP contribution is 2.49. The van der Waals surface area contributed by atoms with Gasteiger partial charge in [0.25, 0.3) is 0 Å². The molecule has 1 heterocycles. The fourth-order valence-electron chi connectivity index (χ4n) is 2.46. The largest absolute Gasteiger partial charge is 0.361 e. The molecule has 0 spiro atoms. The third-order valence-electron chi connectivity index (χ3n) is 3.70. The van der Waals surface area contributed by atoms with E-state index in [9.17, 15) is 0 Å². The lowest BCUT2D eigenvalue weighted by molar-refractivity contribution is 0.485. The van der Waals surface area contributed by atoms with Crippen LogP contribution < -0.4 is 5.32 Å². The van der Waals surface area contributed by atoms with E-state index in [4.69, 9.17) is 0 Å². The van der Waals surface area contributed by atoms with Crippen LogP contribution in [0.1, 0.15) is 32.6 Å². The average Bonchev–Trinajstić information content (AvgIpc) is 2.99. The number of nitrogens with zero attached hydrogens (tertiary/aromatic N) is 1. The van der Waals surface area contributed by atoms with Gasteiger partial charge < -0.3 is 5.32 Å². The minimum atomic E-state index is 0.577. The van der Waals surface area contributed by atoms with Crippen molar-refractivity contribution in [1.29, 1.82) is 0 Å². The first-order valence-corrected chi connectivity index (χ1v) is 8.12. The molecule has 0 atom stereocenters. The molecule has 1 aliphatic carbocycles. The summed E-state index contributed by atoms with van der Waals surface area (Å²) in [6.45, 7) is 3.36. The summed E-state index contributed by atoms with van der Waals surface area (Å²) in [6, 6.07) is 6.28. The molecule has 1 aromatic heterocycles. The van der Waals surface area contributed by atoms with Crippen LogP contribution in [0.2, 0.25) is 0 Å². The maximum Gasteiger partial charge on any atom is 0.183 e. The van der Waals surface area contributed by atoms with Crippen molar-refractivity contribution >= 4 is 42.6 Å². The number of halogens is 1. The highest BCUT2D eigenvalue weighted by Gasteiger charge is 2.41. The molecule has 96 valence electrons. The zero-order chi connectivity index (χ0) is 12.6. The first kappa shape index (κ1) is 12.4. The van der Waals surface area contributed by atoms with Crippen molar-refractivity contribution in [3.8, 4) is 0 Å². The van der Waals surface area contributed by atoms with Crippen LogP contribution >= 0.6 is 27.3 Å². The minimum absolute atomic E-state index is 0.577. The van der Waals surface area contributed by atoms with Crippen LogP contribution in [0.4, 0.5) is 5.13 Å². The summed E-state index contributed by atoms with van der Waals surface area (Å²) >= 11 is 5.24. The molecule has 0 amide bonds. The van der Waals surface area contributed by atoms with Crippen molar-refractivity contribution in [2.45, 2.75) is 32.6 Å². The minimum Gasteiger partial charge on any atom is -0.361 e. The number of fused-ring (bicyclic) bond motifs is 1. The third kappa shape index (κ3) is 2.54. The number of nitrogens with one attached hydrogen (secondary N) is 1. The van der Waals surface area contributed by atoms with Crippen LogP contribution in [0.3, 0.4) is 0 Å². The summed E-state index contributed by atoms with van der Waals surface area (Å²) in [7, 11) is 0. The van der Waals surface area contributed by atoms with Gasteiger partial charge in [0, 0.05) is 11.0 Å². The predicted octanol–water partition coefficient (Wildman–Crippen LogP) is 5.05. The molecule has 0 saturated heterocycles. The van der Waals surface area contributed by atoms with Crippen LogP contribution in [0.5, 0.6) is 0 Å². The topological polar surface area (TPSA) is 24.9 Å². The Balaban J connectivity index is 1.71. The number of benzene rings is 1. The Labute approximate surface area is 120 Å². The van der Waals surface area contributed by atoms with Crippen molar-refractivity contribution < 1.29 is 0 Å². The van der Waals surface area contributed by atoms with E-state index in [-0.39, 0.29) is 0 Å². The number of thiazole rings is 1. The van der Waals surface area contributed by atoms with Gasteiger partial charge in [-0.25, -0.2) is 4.98 Å². The van der Waals surface area contributed by atoms with Crippen molar-refractivity contribution in [1.82, 2.24) is 4.98 Å². The van der Waals surface area contributed by atoms with Gasteiger partial charge in [-0.05, 0) is 42.9 Å². The summed E-state index contributed by atoms with van der Waals surface area (Å²) in [4.78, 5) is 4.64. The summed E-state index contributed by atoms with van der Waals surface area (Å²) in [6.07, 6.45) is 5.39. The molecule has 1 N–H and O–H groups in total. The first-order valence-electron chi connectivity index (χ1n) is 6.51. The Bertz CT molecular complexity index is 560. The van der Waals surface area contributed by atoms with Gasteiger partial charge in [0.2, 0.25) is 0 Å². The Morgan fingerprint density at radius 1 is 1.44 bits per heavy atom. The molecule has 0 aliphatic heterocycles. The summed E-state index contributed by atoms with van der Waals surface area (Å²) in [5.41, 5.74) is 1.66. The van der Waals surface area contributed by atoms with Gasteiger partial charge in [-0.3, -0.25) is 0 Å². The van der Waals surface area contributed by atoms with Crippen molar-refractivity contribution in [3.63, 3.8) is 0 Å². The average molecular weight is 325 g/mol. The number of hydrogen-bond acceptors (Lipinski definition) is 3. The molecule has 18 heavy (non-hydrogen) atoms. The molecule has 4 heteroatoms. The molecule has 3 rings (SSSR count).